The lowest BCUT2D eigenvalue weighted by Crippen LogP contribution is -2.70. The second-order valence-electron chi connectivity index (χ2n) is 20.3. The number of alkyl carbamates (subject to hydrolysis) is 1. The fraction of sp³-hybridized carbons (Fsp3) is 0.517. The van der Waals surface area contributed by atoms with Crippen LogP contribution in [0.2, 0.25) is 0 Å². The van der Waals surface area contributed by atoms with Crippen LogP contribution in [-0.4, -0.2) is 159 Å². The van der Waals surface area contributed by atoms with Crippen molar-refractivity contribution in [2.75, 3.05) is 33.0 Å². The number of benzene rings is 4. The number of ether oxygens (including phenoxy) is 15. The van der Waals surface area contributed by atoms with Gasteiger partial charge >= 0.3 is 30.0 Å². The van der Waals surface area contributed by atoms with Gasteiger partial charge in [0.05, 0.1) is 39.1 Å². The Labute approximate surface area is 518 Å². The molecule has 3 fully saturated rings. The molecule has 0 saturated carbocycles. The molecule has 87 heavy (non-hydrogen) atoms. The van der Waals surface area contributed by atoms with Crippen molar-refractivity contribution in [2.45, 2.75) is 163 Å². The van der Waals surface area contributed by atoms with Crippen LogP contribution in [0.5, 0.6) is 0 Å². The molecule has 1 N–H and O–H groups in total. The number of halogens is 3. The smallest absolute Gasteiger partial charge is 0.407 e. The van der Waals surface area contributed by atoms with E-state index < -0.39 is 139 Å². The summed E-state index contributed by atoms with van der Waals surface area (Å²) >= 11 is 18.2. The van der Waals surface area contributed by atoms with Crippen LogP contribution < -0.4 is 5.32 Å². The van der Waals surface area contributed by atoms with Gasteiger partial charge in [0, 0.05) is 45.8 Å². The molecule has 27 heteroatoms. The topological polar surface area (TPSA) is 285 Å². The predicted octanol–water partition coefficient (Wildman–Crippen LogP) is 8.46. The zero-order valence-corrected chi connectivity index (χ0v) is 50.7. The van der Waals surface area contributed by atoms with E-state index in [1.54, 1.807) is 6.92 Å². The SMILES string of the molecule is CC(=O)OC[C@H]1O[C@@H](O[C@@H]2[C@@H](NC(=O)OCC(Cl)(Cl)Cl)[C@H](OCCCN=[N+]=[N-])O[C@H](COCc3ccccc3)[C@H]2O[C@@H]2O[C@@H](C)[C@@H](OCc3ccccc3)[C@@H](OCc3ccccc3)[C@@H]2OCc2ccccc2)[C@H](OC(C)=O)[C@@H](OC(C)=O)[C@H]1OC(C)=O. The van der Waals surface area contributed by atoms with Crippen molar-refractivity contribution < 1.29 is 95.0 Å². The van der Waals surface area contributed by atoms with E-state index in [0.29, 0.717) is 0 Å². The summed E-state index contributed by atoms with van der Waals surface area (Å²) in [6.07, 6.45) is -21.1. The van der Waals surface area contributed by atoms with Crippen molar-refractivity contribution in [3.63, 3.8) is 0 Å². The summed E-state index contributed by atoms with van der Waals surface area (Å²) in [7, 11) is 0. The van der Waals surface area contributed by atoms with Gasteiger partial charge in [-0.1, -0.05) is 161 Å². The second kappa shape index (κ2) is 34.5. The van der Waals surface area contributed by atoms with E-state index in [0.717, 1.165) is 49.9 Å². The van der Waals surface area contributed by atoms with Gasteiger partial charge in [-0.2, -0.15) is 0 Å². The van der Waals surface area contributed by atoms with Gasteiger partial charge in [0.25, 0.3) is 0 Å². The standard InChI is InChI=1S/C60H71Cl3N4O20/c1-36-48(76-30-42-21-12-7-13-22-42)52(77-31-43-23-14-8-15-24-43)54(78-32-44-25-16-9-17-26-44)57(80-36)86-49-45(33-73-29-41-19-10-6-11-20-41)84-56(74-28-18-27-65-67-64)47(66-59(72)79-35-60(61,62)63)51(49)87-58-55(83-40(5)71)53(82-39(4)70)50(81-38(3)69)46(85-58)34-75-37(2)68/h6-17,19-26,36,45-58H,18,27-35H2,1-5H3,(H,66,72)/t36-,45+,46+,47+,48+,49+,50-,51+,52+,53-,54-,55+,56+,57-,58-/m0/s1. The van der Waals surface area contributed by atoms with Crippen molar-refractivity contribution in [1.29, 1.82) is 0 Å². The Morgan fingerprint density at radius 3 is 1.53 bits per heavy atom. The Morgan fingerprint density at radius 2 is 1.00 bits per heavy atom. The first-order valence-electron chi connectivity index (χ1n) is 28.0. The van der Waals surface area contributed by atoms with Crippen molar-refractivity contribution in [3.05, 3.63) is 154 Å². The maximum atomic E-state index is 14.2. The van der Waals surface area contributed by atoms with E-state index in [4.69, 9.17) is 111 Å². The van der Waals surface area contributed by atoms with Gasteiger partial charge < -0.3 is 76.4 Å². The third kappa shape index (κ3) is 21.8. The molecule has 3 heterocycles. The monoisotopic (exact) mass is 1270 g/mol. The van der Waals surface area contributed by atoms with E-state index in [2.05, 4.69) is 15.3 Å². The quantitative estimate of drug-likeness (QED) is 0.0101. The Morgan fingerprint density at radius 1 is 0.529 bits per heavy atom. The number of carbonyl (C=O) groups excluding carboxylic acids is 5. The molecule has 15 atom stereocenters. The van der Waals surface area contributed by atoms with Gasteiger partial charge in [0.1, 0.15) is 62.0 Å². The molecule has 1 amide bonds. The number of esters is 4. The molecule has 3 saturated heterocycles. The molecule has 0 aliphatic carbocycles. The summed E-state index contributed by atoms with van der Waals surface area (Å²) in [5, 5.41) is 6.34. The van der Waals surface area contributed by atoms with Gasteiger partial charge in [-0.15, -0.1) is 0 Å². The highest BCUT2D eigenvalue weighted by Gasteiger charge is 2.58. The average Bonchev–Trinajstić information content (AvgIpc) is 1.12. The fourth-order valence-corrected chi connectivity index (χ4v) is 9.98. The van der Waals surface area contributed by atoms with Crippen molar-refractivity contribution in [3.8, 4) is 0 Å². The van der Waals surface area contributed by atoms with E-state index in [1.807, 2.05) is 121 Å². The van der Waals surface area contributed by atoms with Gasteiger partial charge in [-0.05, 0) is 41.1 Å². The van der Waals surface area contributed by atoms with Crippen molar-refractivity contribution >= 4 is 64.8 Å². The Hall–Kier alpha value is -6.19. The Kier molecular flexibility index (Phi) is 27.1. The number of azide groups is 1. The molecule has 0 aromatic heterocycles. The highest BCUT2D eigenvalue weighted by Crippen LogP contribution is 2.39. The van der Waals surface area contributed by atoms with Gasteiger partial charge in [-0.3, -0.25) is 19.2 Å². The number of amides is 1. The van der Waals surface area contributed by atoms with Crippen LogP contribution in [0.1, 0.15) is 63.3 Å². The molecule has 0 radical (unpaired) electrons. The van der Waals surface area contributed by atoms with E-state index >= 15 is 0 Å². The number of hydrogen-bond acceptors (Lipinski definition) is 21. The lowest BCUT2D eigenvalue weighted by Gasteiger charge is -2.51. The second-order valence-corrected chi connectivity index (χ2v) is 22.9. The summed E-state index contributed by atoms with van der Waals surface area (Å²) < 4.78 is 94.2. The summed E-state index contributed by atoms with van der Waals surface area (Å²) in [6.45, 7) is 4.49. The molecule has 4 aromatic carbocycles. The molecular formula is C60H71Cl3N4O20. The average molecular weight is 1270 g/mol. The van der Waals surface area contributed by atoms with Crippen molar-refractivity contribution in [2.24, 2.45) is 5.11 Å². The molecule has 0 bridgehead atoms. The first-order valence-corrected chi connectivity index (χ1v) is 29.1. The first kappa shape index (κ1) is 68.3. The molecular weight excluding hydrogens is 1200 g/mol. The molecule has 4 aromatic rings. The molecule has 3 aliphatic rings. The number of alkyl halides is 3. The van der Waals surface area contributed by atoms with Crippen LogP contribution in [0.15, 0.2) is 126 Å². The molecule has 0 spiro atoms. The number of rotatable bonds is 29. The predicted molar refractivity (Wildman–Crippen MR) is 309 cm³/mol. The van der Waals surface area contributed by atoms with Crippen LogP contribution in [0.25, 0.3) is 10.4 Å². The number of nitrogens with one attached hydrogen (secondary N) is 1. The zero-order valence-electron chi connectivity index (χ0n) is 48.4. The van der Waals surface area contributed by atoms with Gasteiger partial charge in [-0.25, -0.2) is 4.79 Å². The maximum absolute atomic E-state index is 14.2. The lowest BCUT2D eigenvalue weighted by atomic mass is 9.94. The normalized spacial score (nSPS) is 27.1. The van der Waals surface area contributed by atoms with E-state index in [1.165, 1.54) is 0 Å². The maximum Gasteiger partial charge on any atom is 0.407 e. The van der Waals surface area contributed by atoms with E-state index in [-0.39, 0.29) is 52.6 Å². The summed E-state index contributed by atoms with van der Waals surface area (Å²) in [6, 6.07) is 35.9. The third-order valence-corrected chi connectivity index (χ3v) is 13.9. The highest BCUT2D eigenvalue weighted by molar-refractivity contribution is 6.67. The van der Waals surface area contributed by atoms with Crippen LogP contribution in [0.3, 0.4) is 0 Å². The van der Waals surface area contributed by atoms with E-state index in [9.17, 15) is 24.0 Å². The zero-order chi connectivity index (χ0) is 62.3. The Bertz CT molecular complexity index is 2830. The molecule has 3 aliphatic heterocycles. The molecule has 0 unspecified atom stereocenters. The Balaban J connectivity index is 1.41. The highest BCUT2D eigenvalue weighted by atomic mass is 35.6. The van der Waals surface area contributed by atoms with Gasteiger partial charge in [0.15, 0.2) is 37.2 Å². The minimum Gasteiger partial charge on any atom is -0.463 e. The summed E-state index contributed by atoms with van der Waals surface area (Å²) in [5.41, 5.74) is 12.4. The number of carbonyl (C=O) groups is 5. The molecule has 472 valence electrons. The minimum absolute atomic E-state index is 0.000146. The number of hydrogen-bond donors (Lipinski definition) is 1. The molecule has 7 rings (SSSR count). The molecule has 24 nitrogen and oxygen atoms in total. The van der Waals surface area contributed by atoms with Crippen LogP contribution in [0.4, 0.5) is 4.79 Å². The fourth-order valence-electron chi connectivity index (χ4n) is 9.82. The van der Waals surface area contributed by atoms with Crippen LogP contribution in [0, 0.1) is 0 Å². The minimum atomic E-state index is -2.10. The summed E-state index contributed by atoms with van der Waals surface area (Å²) in [4.78, 5) is 68.6. The summed E-state index contributed by atoms with van der Waals surface area (Å²) in [5.74, 6) is -3.52. The third-order valence-electron chi connectivity index (χ3n) is 13.6. The lowest BCUT2D eigenvalue weighted by molar-refractivity contribution is -0.379. The van der Waals surface area contributed by atoms with Crippen LogP contribution in [-0.2, 0) is 117 Å². The largest absolute Gasteiger partial charge is 0.463 e. The van der Waals surface area contributed by atoms with Crippen LogP contribution >= 0.6 is 34.8 Å². The van der Waals surface area contributed by atoms with Crippen molar-refractivity contribution in [1.82, 2.24) is 5.32 Å². The number of nitrogens with zero attached hydrogens (tertiary/aromatic N) is 3. The van der Waals surface area contributed by atoms with Gasteiger partial charge in [0.2, 0.25) is 3.79 Å². The first-order chi connectivity index (χ1) is 41.8.